The third-order valence-electron chi connectivity index (χ3n) is 5.93. The number of carbonyl (C=O) groups is 1. The molecule has 1 heterocycles. The molecule has 35 heavy (non-hydrogen) atoms. The minimum Gasteiger partial charge on any atom is -0.351 e. The van der Waals surface area contributed by atoms with E-state index in [0.717, 1.165) is 17.7 Å². The highest BCUT2D eigenvalue weighted by Crippen LogP contribution is 2.33. The second-order valence-electron chi connectivity index (χ2n) is 8.86. The smallest absolute Gasteiger partial charge is 0.351 e. The summed E-state index contributed by atoms with van der Waals surface area (Å²) in [5.74, 6) is -0.557. The number of piperidine rings is 1. The van der Waals surface area contributed by atoms with Gasteiger partial charge >= 0.3 is 6.18 Å². The molecule has 1 aliphatic heterocycles. The van der Waals surface area contributed by atoms with E-state index in [9.17, 15) is 30.8 Å². The first-order valence-electron chi connectivity index (χ1n) is 11.3. The van der Waals surface area contributed by atoms with E-state index >= 15 is 0 Å². The number of halogens is 4. The van der Waals surface area contributed by atoms with Gasteiger partial charge in [0.25, 0.3) is 0 Å². The molecule has 192 valence electrons. The van der Waals surface area contributed by atoms with Crippen molar-refractivity contribution < 1.29 is 30.8 Å². The summed E-state index contributed by atoms with van der Waals surface area (Å²) >= 11 is 0. The van der Waals surface area contributed by atoms with Crippen molar-refractivity contribution in [3.8, 4) is 0 Å². The lowest BCUT2D eigenvalue weighted by Gasteiger charge is -2.39. The lowest BCUT2D eigenvalue weighted by atomic mass is 10.0. The van der Waals surface area contributed by atoms with Crippen LogP contribution < -0.4 is 5.32 Å². The van der Waals surface area contributed by atoms with Crippen LogP contribution in [0, 0.1) is 5.82 Å². The standard InChI is InChI=1S/C24H29F4N3O3S/c1-17(2)31(35(33,34)22-5-3-4-19(14-22)24(26,27)28)21-10-12-30(13-11-21)16-23(32)29-15-18-6-8-20(25)9-7-18/h3-9,14,17,21H,10-13,15-16H2,1-2H3,(H,29,32). The first-order chi connectivity index (χ1) is 16.4. The van der Waals surface area contributed by atoms with Gasteiger partial charge in [0, 0.05) is 31.7 Å². The number of rotatable bonds is 8. The lowest BCUT2D eigenvalue weighted by Crippen LogP contribution is -2.51. The molecule has 0 unspecified atom stereocenters. The van der Waals surface area contributed by atoms with Crippen molar-refractivity contribution in [1.29, 1.82) is 0 Å². The molecule has 0 radical (unpaired) electrons. The van der Waals surface area contributed by atoms with E-state index in [1.54, 1.807) is 26.0 Å². The summed E-state index contributed by atoms with van der Waals surface area (Å²) in [5, 5.41) is 2.78. The van der Waals surface area contributed by atoms with Gasteiger partial charge in [0.1, 0.15) is 5.82 Å². The van der Waals surface area contributed by atoms with Crippen LogP contribution in [0.15, 0.2) is 53.4 Å². The topological polar surface area (TPSA) is 69.7 Å². The Bertz CT molecular complexity index is 1110. The van der Waals surface area contributed by atoms with Gasteiger partial charge in [0.05, 0.1) is 17.0 Å². The number of likely N-dealkylation sites (tertiary alicyclic amines) is 1. The zero-order valence-corrected chi connectivity index (χ0v) is 20.4. The Morgan fingerprint density at radius 2 is 1.74 bits per heavy atom. The maximum Gasteiger partial charge on any atom is 0.416 e. The van der Waals surface area contributed by atoms with Gasteiger partial charge in [-0.2, -0.15) is 17.5 Å². The summed E-state index contributed by atoms with van der Waals surface area (Å²) in [6.45, 7) is 4.73. The van der Waals surface area contributed by atoms with Crippen LogP contribution in [0.3, 0.4) is 0 Å². The van der Waals surface area contributed by atoms with E-state index in [4.69, 9.17) is 0 Å². The first-order valence-corrected chi connectivity index (χ1v) is 12.8. The van der Waals surface area contributed by atoms with Gasteiger partial charge in [0.2, 0.25) is 15.9 Å². The van der Waals surface area contributed by atoms with Crippen molar-refractivity contribution in [3.63, 3.8) is 0 Å². The van der Waals surface area contributed by atoms with Crippen LogP contribution in [0.4, 0.5) is 17.6 Å². The molecular weight excluding hydrogens is 486 g/mol. The van der Waals surface area contributed by atoms with Crippen LogP contribution in [0.1, 0.15) is 37.8 Å². The Balaban J connectivity index is 1.61. The van der Waals surface area contributed by atoms with Gasteiger partial charge in [-0.3, -0.25) is 9.69 Å². The van der Waals surface area contributed by atoms with E-state index in [1.807, 2.05) is 4.90 Å². The van der Waals surface area contributed by atoms with Crippen molar-refractivity contribution in [2.24, 2.45) is 0 Å². The van der Waals surface area contributed by atoms with Crippen LogP contribution in [-0.2, 0) is 27.5 Å². The van der Waals surface area contributed by atoms with E-state index in [-0.39, 0.29) is 29.7 Å². The maximum atomic E-state index is 13.3. The number of amides is 1. The number of benzene rings is 2. The molecule has 1 aliphatic rings. The molecule has 1 saturated heterocycles. The molecule has 11 heteroatoms. The number of nitrogens with zero attached hydrogens (tertiary/aromatic N) is 2. The predicted octanol–water partition coefficient (Wildman–Crippen LogP) is 4.02. The Hall–Kier alpha value is -2.50. The molecule has 2 aromatic rings. The minimum absolute atomic E-state index is 0.135. The van der Waals surface area contributed by atoms with Crippen molar-refractivity contribution >= 4 is 15.9 Å². The third-order valence-corrected chi connectivity index (χ3v) is 8.06. The minimum atomic E-state index is -4.64. The van der Waals surface area contributed by atoms with E-state index < -0.39 is 33.8 Å². The lowest BCUT2D eigenvalue weighted by molar-refractivity contribution is -0.137. The van der Waals surface area contributed by atoms with Gasteiger partial charge in [-0.1, -0.05) is 18.2 Å². The number of hydrogen-bond donors (Lipinski definition) is 1. The van der Waals surface area contributed by atoms with Crippen LogP contribution in [0.2, 0.25) is 0 Å². The fraction of sp³-hybridized carbons (Fsp3) is 0.458. The summed E-state index contributed by atoms with van der Waals surface area (Å²) < 4.78 is 80.3. The van der Waals surface area contributed by atoms with Crippen molar-refractivity contribution in [3.05, 3.63) is 65.5 Å². The molecule has 6 nitrogen and oxygen atoms in total. The molecule has 0 aromatic heterocycles. The van der Waals surface area contributed by atoms with Gasteiger partial charge in [-0.05, 0) is 62.6 Å². The van der Waals surface area contributed by atoms with Crippen LogP contribution in [0.25, 0.3) is 0 Å². The van der Waals surface area contributed by atoms with E-state index in [1.165, 1.54) is 22.5 Å². The molecule has 0 aliphatic carbocycles. The monoisotopic (exact) mass is 515 g/mol. The Morgan fingerprint density at radius 3 is 2.31 bits per heavy atom. The van der Waals surface area contributed by atoms with E-state index in [2.05, 4.69) is 5.32 Å². The Labute approximate surface area is 203 Å². The second-order valence-corrected chi connectivity index (χ2v) is 10.7. The molecule has 0 spiro atoms. The van der Waals surface area contributed by atoms with Crippen LogP contribution >= 0.6 is 0 Å². The molecule has 1 N–H and O–H groups in total. The molecule has 0 atom stereocenters. The van der Waals surface area contributed by atoms with Gasteiger partial charge in [-0.15, -0.1) is 0 Å². The number of alkyl halides is 3. The quantitative estimate of drug-likeness (QED) is 0.540. The van der Waals surface area contributed by atoms with Crippen LogP contribution in [-0.4, -0.2) is 55.2 Å². The predicted molar refractivity (Wildman–Crippen MR) is 123 cm³/mol. The summed E-state index contributed by atoms with van der Waals surface area (Å²) in [4.78, 5) is 13.8. The molecule has 3 rings (SSSR count). The number of nitrogens with one attached hydrogen (secondary N) is 1. The molecule has 0 saturated carbocycles. The number of sulfonamides is 1. The average Bonchev–Trinajstić information content (AvgIpc) is 2.79. The molecular formula is C24H29F4N3O3S. The fourth-order valence-electron chi connectivity index (χ4n) is 4.24. The Morgan fingerprint density at radius 1 is 1.11 bits per heavy atom. The van der Waals surface area contributed by atoms with Gasteiger partial charge in [0.15, 0.2) is 0 Å². The van der Waals surface area contributed by atoms with Crippen LogP contribution in [0.5, 0.6) is 0 Å². The highest BCUT2D eigenvalue weighted by atomic mass is 32.2. The summed E-state index contributed by atoms with van der Waals surface area (Å²) in [6, 6.07) is 8.77. The van der Waals surface area contributed by atoms with Crippen molar-refractivity contribution in [2.75, 3.05) is 19.6 Å². The highest BCUT2D eigenvalue weighted by molar-refractivity contribution is 7.89. The first kappa shape index (κ1) is 27.1. The Kier molecular flexibility index (Phi) is 8.55. The number of carbonyl (C=O) groups excluding carboxylic acids is 1. The SMILES string of the molecule is CC(C)N(C1CCN(CC(=O)NCc2ccc(F)cc2)CC1)S(=O)(=O)c1cccc(C(F)(F)F)c1. The van der Waals surface area contributed by atoms with Crippen molar-refractivity contribution in [2.45, 2.75) is 56.4 Å². The average molecular weight is 516 g/mol. The van der Waals surface area contributed by atoms with Crippen molar-refractivity contribution in [1.82, 2.24) is 14.5 Å². The molecule has 0 bridgehead atoms. The second kappa shape index (κ2) is 11.0. The molecule has 2 aromatic carbocycles. The molecule has 1 amide bonds. The molecule has 1 fully saturated rings. The summed E-state index contributed by atoms with van der Waals surface area (Å²) in [7, 11) is -4.16. The largest absolute Gasteiger partial charge is 0.416 e. The van der Waals surface area contributed by atoms with Gasteiger partial charge < -0.3 is 5.32 Å². The third kappa shape index (κ3) is 7.02. The zero-order chi connectivity index (χ0) is 25.8. The number of hydrogen-bond acceptors (Lipinski definition) is 4. The van der Waals surface area contributed by atoms with E-state index in [0.29, 0.717) is 32.0 Å². The fourth-order valence-corrected chi connectivity index (χ4v) is 6.17. The zero-order valence-electron chi connectivity index (χ0n) is 19.6. The van der Waals surface area contributed by atoms with Gasteiger partial charge in [-0.25, -0.2) is 12.8 Å². The maximum absolute atomic E-state index is 13.3. The summed E-state index contributed by atoms with van der Waals surface area (Å²) in [6.07, 6.45) is -3.75. The normalized spacial score (nSPS) is 16.1. The highest BCUT2D eigenvalue weighted by Gasteiger charge is 2.37. The summed E-state index contributed by atoms with van der Waals surface area (Å²) in [5.41, 5.74) is -0.241.